The fraction of sp³-hybridized carbons (Fsp3) is 1.00. The van der Waals surface area contributed by atoms with E-state index >= 15 is 0 Å². The van der Waals surface area contributed by atoms with Gasteiger partial charge in [-0.05, 0) is 137 Å². The van der Waals surface area contributed by atoms with Gasteiger partial charge in [0.1, 0.15) is 0 Å². The van der Waals surface area contributed by atoms with E-state index in [0.717, 1.165) is 41.4 Å². The van der Waals surface area contributed by atoms with Gasteiger partial charge in [-0.2, -0.15) is 0 Å². The third kappa shape index (κ3) is 7.96. The van der Waals surface area contributed by atoms with Crippen molar-refractivity contribution in [3.63, 3.8) is 0 Å². The molecule has 4 aliphatic rings. The first-order valence-electron chi connectivity index (χ1n) is 15.3. The second-order valence-electron chi connectivity index (χ2n) is 14.3. The van der Waals surface area contributed by atoms with E-state index in [1.54, 1.807) is 0 Å². The molecule has 33 heavy (non-hydrogen) atoms. The van der Waals surface area contributed by atoms with Gasteiger partial charge in [0, 0.05) is 19.6 Å². The van der Waals surface area contributed by atoms with Gasteiger partial charge >= 0.3 is 0 Å². The largest absolute Gasteiger partial charge is 0.317 e. The number of nitrogens with one attached hydrogen (secondary N) is 1. The van der Waals surface area contributed by atoms with Crippen LogP contribution in [0.5, 0.6) is 0 Å². The summed E-state index contributed by atoms with van der Waals surface area (Å²) < 4.78 is 0. The molecular formula is C31H58N2. The van der Waals surface area contributed by atoms with Crippen molar-refractivity contribution in [3.05, 3.63) is 0 Å². The van der Waals surface area contributed by atoms with Crippen LogP contribution in [-0.2, 0) is 0 Å². The van der Waals surface area contributed by atoms with Crippen molar-refractivity contribution >= 4 is 0 Å². The predicted octanol–water partition coefficient (Wildman–Crippen LogP) is 7.77. The number of hydrogen-bond donors (Lipinski definition) is 1. The minimum atomic E-state index is 0.510. The summed E-state index contributed by atoms with van der Waals surface area (Å²) in [5.74, 6) is 6.95. The second-order valence-corrected chi connectivity index (χ2v) is 14.3. The summed E-state index contributed by atoms with van der Waals surface area (Å²) in [6, 6.07) is 0. The van der Waals surface area contributed by atoms with Crippen LogP contribution in [0.2, 0.25) is 0 Å². The summed E-state index contributed by atoms with van der Waals surface area (Å²) in [5, 5.41) is 3.57. The van der Waals surface area contributed by atoms with Crippen molar-refractivity contribution < 1.29 is 0 Å². The lowest BCUT2D eigenvalue weighted by Gasteiger charge is -2.41. The van der Waals surface area contributed by atoms with Crippen molar-refractivity contribution in [1.82, 2.24) is 10.2 Å². The van der Waals surface area contributed by atoms with E-state index in [2.05, 4.69) is 37.9 Å². The standard InChI is InChI=1S/C31H58N2/c1-24-5-7-25(8-6-24)21-33(23-27-11-15-30(16-12-27)31(2,3)4)22-26-9-13-28(14-10-26)29-17-19-32-20-18-29/h24-30,32H,5-23H2,1-4H3. The van der Waals surface area contributed by atoms with Crippen LogP contribution < -0.4 is 5.32 Å². The fourth-order valence-corrected chi connectivity index (χ4v) is 8.20. The number of nitrogens with zero attached hydrogens (tertiary/aromatic N) is 1. The van der Waals surface area contributed by atoms with Gasteiger partial charge in [-0.25, -0.2) is 0 Å². The molecule has 0 aromatic carbocycles. The zero-order valence-corrected chi connectivity index (χ0v) is 22.9. The molecule has 3 saturated carbocycles. The monoisotopic (exact) mass is 458 g/mol. The molecular weight excluding hydrogens is 400 g/mol. The van der Waals surface area contributed by atoms with Crippen LogP contribution in [0.4, 0.5) is 0 Å². The maximum Gasteiger partial charge on any atom is 0.000989 e. The van der Waals surface area contributed by atoms with Crippen LogP contribution >= 0.6 is 0 Å². The highest BCUT2D eigenvalue weighted by Crippen LogP contribution is 2.41. The highest BCUT2D eigenvalue weighted by Gasteiger charge is 2.33. The SMILES string of the molecule is CC1CCC(CN(CC2CCC(C3CCNCC3)CC2)CC2CCC(C(C)(C)C)CC2)CC1. The van der Waals surface area contributed by atoms with E-state index in [1.807, 2.05) is 0 Å². The second kappa shape index (κ2) is 12.2. The molecule has 1 N–H and O–H groups in total. The van der Waals surface area contributed by atoms with Crippen LogP contribution in [0.3, 0.4) is 0 Å². The zero-order chi connectivity index (χ0) is 23.3. The first-order valence-corrected chi connectivity index (χ1v) is 15.3. The summed E-state index contributed by atoms with van der Waals surface area (Å²) in [4.78, 5) is 3.01. The highest BCUT2D eigenvalue weighted by atomic mass is 15.1. The molecule has 0 aromatic rings. The van der Waals surface area contributed by atoms with Crippen molar-refractivity contribution in [3.8, 4) is 0 Å². The Balaban J connectivity index is 1.27. The molecule has 1 saturated heterocycles. The van der Waals surface area contributed by atoms with E-state index in [9.17, 15) is 0 Å². The quantitative estimate of drug-likeness (QED) is 0.419. The van der Waals surface area contributed by atoms with Crippen molar-refractivity contribution in [2.24, 2.45) is 46.8 Å². The average molecular weight is 459 g/mol. The number of hydrogen-bond acceptors (Lipinski definition) is 2. The van der Waals surface area contributed by atoms with Gasteiger partial charge in [0.2, 0.25) is 0 Å². The number of piperidine rings is 1. The van der Waals surface area contributed by atoms with Crippen LogP contribution in [0.15, 0.2) is 0 Å². The molecule has 4 fully saturated rings. The van der Waals surface area contributed by atoms with E-state index in [1.165, 1.54) is 123 Å². The van der Waals surface area contributed by atoms with Crippen molar-refractivity contribution in [2.75, 3.05) is 32.7 Å². The third-order valence-corrected chi connectivity index (χ3v) is 10.7. The Labute approximate surface area is 207 Å². The molecule has 0 unspecified atom stereocenters. The van der Waals surface area contributed by atoms with Gasteiger partial charge in [0.05, 0.1) is 0 Å². The third-order valence-electron chi connectivity index (χ3n) is 10.7. The lowest BCUT2D eigenvalue weighted by Crippen LogP contribution is -2.41. The fourth-order valence-electron chi connectivity index (χ4n) is 8.20. The molecule has 1 heterocycles. The van der Waals surface area contributed by atoms with Crippen LogP contribution in [0, 0.1) is 46.8 Å². The van der Waals surface area contributed by atoms with Gasteiger partial charge < -0.3 is 10.2 Å². The van der Waals surface area contributed by atoms with Gasteiger partial charge in [0.25, 0.3) is 0 Å². The van der Waals surface area contributed by atoms with Crippen LogP contribution in [-0.4, -0.2) is 37.6 Å². The van der Waals surface area contributed by atoms with Gasteiger partial charge in [-0.3, -0.25) is 0 Å². The molecule has 1 aliphatic heterocycles. The van der Waals surface area contributed by atoms with Gasteiger partial charge in [-0.15, -0.1) is 0 Å². The summed E-state index contributed by atoms with van der Waals surface area (Å²) >= 11 is 0. The van der Waals surface area contributed by atoms with Crippen LogP contribution in [0.25, 0.3) is 0 Å². The molecule has 0 spiro atoms. The minimum Gasteiger partial charge on any atom is -0.317 e. The maximum atomic E-state index is 3.57. The topological polar surface area (TPSA) is 15.3 Å². The summed E-state index contributed by atoms with van der Waals surface area (Å²) in [5.41, 5.74) is 0.510. The molecule has 0 amide bonds. The molecule has 3 aliphatic carbocycles. The number of rotatable bonds is 7. The minimum absolute atomic E-state index is 0.510. The molecule has 192 valence electrons. The van der Waals surface area contributed by atoms with E-state index in [-0.39, 0.29) is 0 Å². The lowest BCUT2D eigenvalue weighted by molar-refractivity contribution is 0.0875. The Morgan fingerprint density at radius 3 is 1.48 bits per heavy atom. The Morgan fingerprint density at radius 2 is 1.00 bits per heavy atom. The van der Waals surface area contributed by atoms with E-state index < -0.39 is 0 Å². The van der Waals surface area contributed by atoms with Gasteiger partial charge in [0.15, 0.2) is 0 Å². The first kappa shape index (κ1) is 26.0. The summed E-state index contributed by atoms with van der Waals surface area (Å²) in [6.45, 7) is 16.7. The molecule has 0 radical (unpaired) electrons. The Hall–Kier alpha value is -0.0800. The molecule has 0 atom stereocenters. The Kier molecular flexibility index (Phi) is 9.65. The Bertz CT molecular complexity index is 536. The van der Waals surface area contributed by atoms with Crippen molar-refractivity contribution in [1.29, 1.82) is 0 Å². The summed E-state index contributed by atoms with van der Waals surface area (Å²) in [7, 11) is 0. The first-order chi connectivity index (χ1) is 15.9. The molecule has 0 aromatic heterocycles. The lowest BCUT2D eigenvalue weighted by atomic mass is 9.69. The maximum absolute atomic E-state index is 3.57. The van der Waals surface area contributed by atoms with Crippen LogP contribution in [0.1, 0.15) is 118 Å². The van der Waals surface area contributed by atoms with E-state index in [4.69, 9.17) is 0 Å². The Morgan fingerprint density at radius 1 is 0.576 bits per heavy atom. The molecule has 0 bridgehead atoms. The average Bonchev–Trinajstić information content (AvgIpc) is 2.81. The summed E-state index contributed by atoms with van der Waals surface area (Å²) in [6.07, 6.45) is 20.9. The highest BCUT2D eigenvalue weighted by molar-refractivity contribution is 4.85. The zero-order valence-electron chi connectivity index (χ0n) is 22.9. The molecule has 2 nitrogen and oxygen atoms in total. The van der Waals surface area contributed by atoms with E-state index in [0.29, 0.717) is 5.41 Å². The predicted molar refractivity (Wildman–Crippen MR) is 144 cm³/mol. The smallest absolute Gasteiger partial charge is 0.000989 e. The normalized spacial score (nSPS) is 37.4. The molecule has 4 rings (SSSR count). The van der Waals surface area contributed by atoms with Crippen molar-refractivity contribution in [2.45, 2.75) is 118 Å². The molecule has 2 heteroatoms. The van der Waals surface area contributed by atoms with Gasteiger partial charge in [-0.1, -0.05) is 40.5 Å².